The zero-order valence-corrected chi connectivity index (χ0v) is 35.4. The first-order chi connectivity index (χ1) is 30.4. The average Bonchev–Trinajstić information content (AvgIpc) is 3.63. The van der Waals surface area contributed by atoms with Crippen LogP contribution in [0.5, 0.6) is 0 Å². The molecule has 296 valence electrons. The fraction of sp³-hybridized carbons (Fsp3) is 0.0820. The lowest BCUT2D eigenvalue weighted by Crippen LogP contribution is -2.29. The third-order valence-electron chi connectivity index (χ3n) is 13.1. The Labute approximate surface area is 365 Å². The SMILES string of the molecule is CC(C)(C)c1ccc(C2(c3ccccc3)c3ccccc3-c3c(N(c4ccc(-c5cccc6ccccc56)cc4)c4ccc(-c5cccc6ccccc56)cc4)cccc32)cc1. The van der Waals surface area contributed by atoms with Gasteiger partial charge in [0.2, 0.25) is 0 Å². The summed E-state index contributed by atoms with van der Waals surface area (Å²) >= 11 is 0. The van der Waals surface area contributed by atoms with Gasteiger partial charge in [-0.3, -0.25) is 0 Å². The normalized spacial score (nSPS) is 14.4. The molecule has 1 atom stereocenters. The Morgan fingerprint density at radius 2 is 0.806 bits per heavy atom. The van der Waals surface area contributed by atoms with E-state index < -0.39 is 5.41 Å². The van der Waals surface area contributed by atoms with Crippen LogP contribution in [0.2, 0.25) is 0 Å². The van der Waals surface area contributed by atoms with Gasteiger partial charge in [0.1, 0.15) is 0 Å². The monoisotopic (exact) mass is 793 g/mol. The van der Waals surface area contributed by atoms with Crippen LogP contribution >= 0.6 is 0 Å². The summed E-state index contributed by atoms with van der Waals surface area (Å²) in [6.45, 7) is 6.87. The maximum absolute atomic E-state index is 2.47. The van der Waals surface area contributed by atoms with Crippen LogP contribution in [0.15, 0.2) is 231 Å². The lowest BCUT2D eigenvalue weighted by molar-refractivity contribution is 0.589. The lowest BCUT2D eigenvalue weighted by Gasteiger charge is -2.35. The Kier molecular flexibility index (Phi) is 9.02. The molecule has 0 N–H and O–H groups in total. The van der Waals surface area contributed by atoms with Gasteiger partial charge >= 0.3 is 0 Å². The van der Waals surface area contributed by atoms with Crippen molar-refractivity contribution in [2.75, 3.05) is 4.90 Å². The number of anilines is 3. The Balaban J connectivity index is 1.13. The molecule has 0 radical (unpaired) electrons. The second-order valence-corrected chi connectivity index (χ2v) is 17.7. The van der Waals surface area contributed by atoms with Crippen LogP contribution in [-0.4, -0.2) is 0 Å². The lowest BCUT2D eigenvalue weighted by atomic mass is 9.67. The van der Waals surface area contributed by atoms with E-state index in [2.05, 4.69) is 256 Å². The first-order valence-electron chi connectivity index (χ1n) is 21.8. The number of rotatable bonds is 7. The molecule has 62 heavy (non-hydrogen) atoms. The molecule has 0 saturated heterocycles. The number of hydrogen-bond donors (Lipinski definition) is 0. The minimum atomic E-state index is -0.526. The highest BCUT2D eigenvalue weighted by Gasteiger charge is 2.47. The van der Waals surface area contributed by atoms with Crippen LogP contribution in [0, 0.1) is 0 Å². The fourth-order valence-corrected chi connectivity index (χ4v) is 10.2. The average molecular weight is 794 g/mol. The van der Waals surface area contributed by atoms with Crippen molar-refractivity contribution in [2.45, 2.75) is 31.6 Å². The van der Waals surface area contributed by atoms with Crippen molar-refractivity contribution in [3.8, 4) is 33.4 Å². The predicted molar refractivity (Wildman–Crippen MR) is 263 cm³/mol. The number of hydrogen-bond acceptors (Lipinski definition) is 1. The maximum atomic E-state index is 2.47. The van der Waals surface area contributed by atoms with Gasteiger partial charge in [0.25, 0.3) is 0 Å². The molecule has 0 fully saturated rings. The van der Waals surface area contributed by atoms with E-state index in [1.54, 1.807) is 0 Å². The van der Waals surface area contributed by atoms with E-state index in [1.807, 2.05) is 0 Å². The van der Waals surface area contributed by atoms with E-state index in [1.165, 1.54) is 82.7 Å². The van der Waals surface area contributed by atoms with Gasteiger partial charge in [-0.25, -0.2) is 0 Å². The van der Waals surface area contributed by atoms with Crippen molar-refractivity contribution in [3.63, 3.8) is 0 Å². The molecule has 1 aliphatic rings. The molecule has 1 nitrogen and oxygen atoms in total. The van der Waals surface area contributed by atoms with E-state index in [9.17, 15) is 0 Å². The Morgan fingerprint density at radius 3 is 1.39 bits per heavy atom. The summed E-state index contributed by atoms with van der Waals surface area (Å²) in [7, 11) is 0. The standard InChI is InChI=1S/C61H47N/c1-60(2,3)46-34-36-48(37-35-46)61(47-20-5-4-6-21-47)56-27-12-11-24-55(56)59-57(61)28-15-29-58(59)62(49-38-30-44(31-39-49)53-25-13-18-42-16-7-9-22-51(42)53)50-40-32-45(33-41-50)54-26-14-19-43-17-8-10-23-52(43)54/h4-41H,1-3H3. The predicted octanol–water partition coefficient (Wildman–Crippen LogP) is 16.5. The highest BCUT2D eigenvalue weighted by molar-refractivity contribution is 6.00. The molecular formula is C61H47N. The van der Waals surface area contributed by atoms with Crippen molar-refractivity contribution in [1.82, 2.24) is 0 Å². The van der Waals surface area contributed by atoms with Gasteiger partial charge in [0, 0.05) is 16.9 Å². The molecule has 0 bridgehead atoms. The first kappa shape index (κ1) is 37.5. The van der Waals surface area contributed by atoms with Crippen molar-refractivity contribution in [2.24, 2.45) is 0 Å². The Bertz CT molecular complexity index is 3110. The second-order valence-electron chi connectivity index (χ2n) is 17.7. The highest BCUT2D eigenvalue weighted by atomic mass is 15.1. The van der Waals surface area contributed by atoms with Gasteiger partial charge in [0.05, 0.1) is 11.1 Å². The van der Waals surface area contributed by atoms with E-state index in [4.69, 9.17) is 0 Å². The van der Waals surface area contributed by atoms with Crippen LogP contribution < -0.4 is 4.90 Å². The first-order valence-corrected chi connectivity index (χ1v) is 21.8. The van der Waals surface area contributed by atoms with Crippen molar-refractivity contribution >= 4 is 38.6 Å². The molecule has 10 aromatic rings. The molecule has 0 aliphatic heterocycles. The minimum absolute atomic E-state index is 0.0456. The fourth-order valence-electron chi connectivity index (χ4n) is 10.2. The smallest absolute Gasteiger partial charge is 0.0714 e. The molecular weight excluding hydrogens is 747 g/mol. The number of benzene rings is 10. The molecule has 0 spiro atoms. The summed E-state index contributed by atoms with van der Waals surface area (Å²) in [4.78, 5) is 2.47. The Hall–Kier alpha value is -7.48. The summed E-state index contributed by atoms with van der Waals surface area (Å²) in [5, 5.41) is 5.01. The van der Waals surface area contributed by atoms with Crippen LogP contribution in [0.25, 0.3) is 54.9 Å². The number of nitrogens with zero attached hydrogens (tertiary/aromatic N) is 1. The summed E-state index contributed by atoms with van der Waals surface area (Å²) in [6, 6.07) is 85.5. The van der Waals surface area contributed by atoms with E-state index in [0.29, 0.717) is 0 Å². The molecule has 1 unspecified atom stereocenters. The molecule has 11 rings (SSSR count). The van der Waals surface area contributed by atoms with Crippen molar-refractivity contribution in [1.29, 1.82) is 0 Å². The zero-order chi connectivity index (χ0) is 41.8. The van der Waals surface area contributed by atoms with Gasteiger partial charge in [-0.1, -0.05) is 221 Å². The summed E-state index contributed by atoms with van der Waals surface area (Å²) in [5.41, 5.74) is 16.7. The van der Waals surface area contributed by atoms with E-state index in [-0.39, 0.29) is 5.41 Å². The molecule has 1 aliphatic carbocycles. The largest absolute Gasteiger partial charge is 0.310 e. The summed E-state index contributed by atoms with van der Waals surface area (Å²) < 4.78 is 0. The van der Waals surface area contributed by atoms with Crippen LogP contribution in [0.1, 0.15) is 48.6 Å². The molecule has 0 amide bonds. The van der Waals surface area contributed by atoms with Crippen LogP contribution in [0.4, 0.5) is 17.1 Å². The van der Waals surface area contributed by atoms with Crippen LogP contribution in [-0.2, 0) is 10.8 Å². The highest BCUT2D eigenvalue weighted by Crippen LogP contribution is 2.59. The van der Waals surface area contributed by atoms with Gasteiger partial charge in [0.15, 0.2) is 0 Å². The van der Waals surface area contributed by atoms with Gasteiger partial charge in [-0.15, -0.1) is 0 Å². The Morgan fingerprint density at radius 1 is 0.355 bits per heavy atom. The van der Waals surface area contributed by atoms with Crippen molar-refractivity contribution < 1.29 is 0 Å². The van der Waals surface area contributed by atoms with Crippen molar-refractivity contribution in [3.05, 3.63) is 258 Å². The molecule has 0 saturated carbocycles. The van der Waals surface area contributed by atoms with Crippen LogP contribution in [0.3, 0.4) is 0 Å². The van der Waals surface area contributed by atoms with Gasteiger partial charge in [-0.2, -0.15) is 0 Å². The quantitative estimate of drug-likeness (QED) is 0.155. The third kappa shape index (κ3) is 6.07. The topological polar surface area (TPSA) is 3.24 Å². The molecule has 1 heteroatoms. The molecule has 0 heterocycles. The second kappa shape index (κ2) is 14.9. The van der Waals surface area contributed by atoms with Gasteiger partial charge < -0.3 is 4.90 Å². The third-order valence-corrected chi connectivity index (χ3v) is 13.1. The maximum Gasteiger partial charge on any atom is 0.0714 e. The van der Waals surface area contributed by atoms with E-state index in [0.717, 1.165) is 17.1 Å². The number of fused-ring (bicyclic) bond motifs is 5. The van der Waals surface area contributed by atoms with E-state index >= 15 is 0 Å². The minimum Gasteiger partial charge on any atom is -0.310 e. The van der Waals surface area contributed by atoms with Gasteiger partial charge in [-0.05, 0) is 113 Å². The molecule has 0 aromatic heterocycles. The summed E-state index contributed by atoms with van der Waals surface area (Å²) in [6.07, 6.45) is 0. The molecule has 10 aromatic carbocycles. The zero-order valence-electron chi connectivity index (χ0n) is 35.4. The summed E-state index contributed by atoms with van der Waals surface area (Å²) in [5.74, 6) is 0.